The molecule has 2 aromatic carbocycles. The molecule has 3 heteroatoms. The minimum atomic E-state index is -0.313. The topological polar surface area (TPSA) is 18.5 Å². The van der Waals surface area contributed by atoms with Crippen molar-refractivity contribution in [3.63, 3.8) is 0 Å². The second kappa shape index (κ2) is 5.11. The summed E-state index contributed by atoms with van der Waals surface area (Å²) >= 11 is 0. The number of hydrogen-bond acceptors (Lipinski definition) is 2. The number of fused-ring (bicyclic) bond motifs is 1. The molecule has 0 N–H and O–H groups in total. The molecule has 0 saturated carbocycles. The molecule has 0 unspecified atom stereocenters. The van der Waals surface area contributed by atoms with Crippen LogP contribution < -0.4 is 5.46 Å². The summed E-state index contributed by atoms with van der Waals surface area (Å²) in [4.78, 5) is 0. The highest BCUT2D eigenvalue weighted by Gasteiger charge is 2.52. The predicted molar refractivity (Wildman–Crippen MR) is 93.8 cm³/mol. The molecule has 0 atom stereocenters. The lowest BCUT2D eigenvalue weighted by Crippen LogP contribution is -2.41. The van der Waals surface area contributed by atoms with E-state index < -0.39 is 0 Å². The third kappa shape index (κ3) is 2.47. The third-order valence-electron chi connectivity index (χ3n) is 5.09. The van der Waals surface area contributed by atoms with Gasteiger partial charge in [-0.25, -0.2) is 0 Å². The van der Waals surface area contributed by atoms with Crippen LogP contribution in [0.2, 0.25) is 0 Å². The first-order valence-electron chi connectivity index (χ1n) is 8.09. The summed E-state index contributed by atoms with van der Waals surface area (Å²) in [6.45, 7) is 12.8. The van der Waals surface area contributed by atoms with E-state index in [9.17, 15) is 0 Å². The van der Waals surface area contributed by atoms with Gasteiger partial charge in [0.1, 0.15) is 0 Å². The van der Waals surface area contributed by atoms with Crippen molar-refractivity contribution in [2.75, 3.05) is 0 Å². The van der Waals surface area contributed by atoms with Gasteiger partial charge in [0.05, 0.1) is 11.2 Å². The maximum atomic E-state index is 6.27. The molecule has 2 nitrogen and oxygen atoms in total. The first-order chi connectivity index (χ1) is 10.2. The summed E-state index contributed by atoms with van der Waals surface area (Å²) in [5.41, 5.74) is 1.84. The lowest BCUT2D eigenvalue weighted by molar-refractivity contribution is 0.00578. The minimum absolute atomic E-state index is 0.311. The highest BCUT2D eigenvalue weighted by atomic mass is 16.7. The van der Waals surface area contributed by atoms with Crippen LogP contribution in [0.5, 0.6) is 0 Å². The number of hydrogen-bond donors (Lipinski definition) is 0. The Kier molecular flexibility index (Phi) is 3.62. The monoisotopic (exact) mass is 296 g/mol. The van der Waals surface area contributed by atoms with Crippen LogP contribution in [0.1, 0.15) is 53.0 Å². The van der Waals surface area contributed by atoms with Crippen molar-refractivity contribution < 1.29 is 9.31 Å². The van der Waals surface area contributed by atoms with E-state index in [1.54, 1.807) is 0 Å². The number of rotatable bonds is 2. The van der Waals surface area contributed by atoms with Crippen LogP contribution in [0, 0.1) is 0 Å². The van der Waals surface area contributed by atoms with E-state index in [1.165, 1.54) is 16.3 Å². The maximum absolute atomic E-state index is 6.27. The third-order valence-corrected chi connectivity index (χ3v) is 5.09. The Balaban J connectivity index is 2.14. The van der Waals surface area contributed by atoms with Gasteiger partial charge in [-0.3, -0.25) is 0 Å². The molecule has 0 radical (unpaired) electrons. The maximum Gasteiger partial charge on any atom is 0.495 e. The van der Waals surface area contributed by atoms with E-state index in [0.717, 1.165) is 5.46 Å². The van der Waals surface area contributed by atoms with E-state index in [0.29, 0.717) is 5.92 Å². The highest BCUT2D eigenvalue weighted by Crippen LogP contribution is 2.37. The summed E-state index contributed by atoms with van der Waals surface area (Å²) in [5, 5.41) is 2.46. The van der Waals surface area contributed by atoms with Gasteiger partial charge in [0.15, 0.2) is 0 Å². The lowest BCUT2D eigenvalue weighted by Gasteiger charge is -2.32. The molecule has 0 bridgehead atoms. The van der Waals surface area contributed by atoms with Crippen molar-refractivity contribution in [3.8, 4) is 0 Å². The second-order valence-electron chi connectivity index (χ2n) is 7.57. The summed E-state index contributed by atoms with van der Waals surface area (Å²) in [5.74, 6) is 0.478. The molecule has 3 rings (SSSR count). The molecule has 1 fully saturated rings. The van der Waals surface area contributed by atoms with E-state index >= 15 is 0 Å². The van der Waals surface area contributed by atoms with Crippen molar-refractivity contribution in [2.45, 2.75) is 58.7 Å². The van der Waals surface area contributed by atoms with Gasteiger partial charge in [-0.1, -0.05) is 50.2 Å². The Morgan fingerprint density at radius 3 is 2.09 bits per heavy atom. The van der Waals surface area contributed by atoms with Crippen LogP contribution in [-0.4, -0.2) is 18.3 Å². The summed E-state index contributed by atoms with van der Waals surface area (Å²) in [6, 6.07) is 13.0. The second-order valence-corrected chi connectivity index (χ2v) is 7.57. The fraction of sp³-hybridized carbons (Fsp3) is 0.474. The quantitative estimate of drug-likeness (QED) is 0.771. The molecule has 2 aromatic rings. The fourth-order valence-electron chi connectivity index (χ4n) is 2.86. The molecule has 1 saturated heterocycles. The summed E-state index contributed by atoms with van der Waals surface area (Å²) in [6.07, 6.45) is 0. The Bertz CT molecular complexity index is 688. The van der Waals surface area contributed by atoms with E-state index in [1.807, 2.05) is 0 Å². The summed E-state index contributed by atoms with van der Waals surface area (Å²) < 4.78 is 12.5. The largest absolute Gasteiger partial charge is 0.495 e. The van der Waals surface area contributed by atoms with Crippen molar-refractivity contribution in [2.24, 2.45) is 0 Å². The van der Waals surface area contributed by atoms with Crippen LogP contribution in [0.3, 0.4) is 0 Å². The van der Waals surface area contributed by atoms with Crippen LogP contribution in [0.25, 0.3) is 10.8 Å². The molecule has 0 aliphatic carbocycles. The van der Waals surface area contributed by atoms with Crippen molar-refractivity contribution >= 4 is 23.4 Å². The zero-order valence-electron chi connectivity index (χ0n) is 14.4. The van der Waals surface area contributed by atoms with E-state index in [-0.39, 0.29) is 18.3 Å². The molecule has 0 aromatic heterocycles. The average Bonchev–Trinajstić information content (AvgIpc) is 2.66. The molecule has 1 aliphatic heterocycles. The van der Waals surface area contributed by atoms with Gasteiger partial charge in [-0.05, 0) is 55.4 Å². The van der Waals surface area contributed by atoms with Crippen LogP contribution in [-0.2, 0) is 9.31 Å². The van der Waals surface area contributed by atoms with Gasteiger partial charge in [0, 0.05) is 0 Å². The zero-order chi connectivity index (χ0) is 16.1. The van der Waals surface area contributed by atoms with Gasteiger partial charge >= 0.3 is 7.12 Å². The van der Waals surface area contributed by atoms with Crippen molar-refractivity contribution in [1.82, 2.24) is 0 Å². The van der Waals surface area contributed by atoms with Gasteiger partial charge in [-0.15, -0.1) is 0 Å². The number of benzene rings is 2. The highest BCUT2D eigenvalue weighted by molar-refractivity contribution is 6.65. The van der Waals surface area contributed by atoms with Gasteiger partial charge in [0.2, 0.25) is 0 Å². The van der Waals surface area contributed by atoms with E-state index in [2.05, 4.69) is 77.9 Å². The minimum Gasteiger partial charge on any atom is -0.399 e. The Hall–Kier alpha value is -1.32. The predicted octanol–water partition coefficient (Wildman–Crippen LogP) is 4.26. The molecule has 116 valence electrons. The summed E-state index contributed by atoms with van der Waals surface area (Å²) in [7, 11) is -0.311. The first kappa shape index (κ1) is 15.6. The molecule has 1 heterocycles. The van der Waals surface area contributed by atoms with Crippen LogP contribution >= 0.6 is 0 Å². The average molecular weight is 296 g/mol. The molecule has 22 heavy (non-hydrogen) atoms. The molecule has 0 spiro atoms. The van der Waals surface area contributed by atoms with Crippen molar-refractivity contribution in [3.05, 3.63) is 42.0 Å². The van der Waals surface area contributed by atoms with Gasteiger partial charge < -0.3 is 9.31 Å². The Labute approximate surface area is 134 Å². The first-order valence-corrected chi connectivity index (χ1v) is 8.09. The van der Waals surface area contributed by atoms with Gasteiger partial charge in [0.25, 0.3) is 0 Å². The Morgan fingerprint density at radius 2 is 1.50 bits per heavy atom. The van der Waals surface area contributed by atoms with Crippen molar-refractivity contribution in [1.29, 1.82) is 0 Å². The Morgan fingerprint density at radius 1 is 0.909 bits per heavy atom. The molecule has 0 amide bonds. The lowest BCUT2D eigenvalue weighted by atomic mass is 9.74. The normalized spacial score (nSPS) is 20.0. The fourth-order valence-corrected chi connectivity index (χ4v) is 2.86. The standard InChI is InChI=1S/C19H25BO2/c1-13(2)15-11-14-9-7-8-10-16(14)17(12-15)20-21-18(3,4)19(5,6)22-20/h7-13H,1-6H3. The molecule has 1 aliphatic rings. The van der Waals surface area contributed by atoms with E-state index in [4.69, 9.17) is 9.31 Å². The zero-order valence-corrected chi connectivity index (χ0v) is 14.4. The van der Waals surface area contributed by atoms with Gasteiger partial charge in [-0.2, -0.15) is 0 Å². The smallest absolute Gasteiger partial charge is 0.399 e. The molecular weight excluding hydrogens is 271 g/mol. The van der Waals surface area contributed by atoms with Crippen LogP contribution in [0.15, 0.2) is 36.4 Å². The van der Waals surface area contributed by atoms with Crippen LogP contribution in [0.4, 0.5) is 0 Å². The SMILES string of the molecule is CC(C)c1cc(B2OC(C)(C)C(C)(C)O2)c2ccccc2c1. The molecular formula is C19H25BO2.